The molecule has 0 aromatic carbocycles. The average molecular weight is 439 g/mol. The molecule has 1 aliphatic rings. The highest BCUT2D eigenvalue weighted by Gasteiger charge is 2.51. The Balaban J connectivity index is 2.06. The van der Waals surface area contributed by atoms with Crippen LogP contribution in [-0.2, 0) is 33.3 Å². The van der Waals surface area contributed by atoms with Crippen molar-refractivity contribution in [3.05, 3.63) is 33.1 Å². The van der Waals surface area contributed by atoms with Crippen LogP contribution in [0.5, 0.6) is 0 Å². The molecule has 0 radical (unpaired) electrons. The van der Waals surface area contributed by atoms with Crippen LogP contribution in [0.25, 0.3) is 11.2 Å². The Bertz CT molecular complexity index is 1110. The number of ether oxygens (including phenoxy) is 4. The normalized spacial score (nSPS) is 22.8. The predicted molar refractivity (Wildman–Crippen MR) is 95.8 cm³/mol. The minimum Gasteiger partial charge on any atom is -0.463 e. The molecular weight excluding hydrogens is 422 g/mol. The molecule has 15 heteroatoms. The fourth-order valence-electron chi connectivity index (χ4n) is 3.12. The number of carbonyl (C=O) groups is 3. The van der Waals surface area contributed by atoms with E-state index in [0.717, 1.165) is 20.2 Å². The molecule has 166 valence electrons. The molecule has 0 saturated carbocycles. The molecule has 15 nitrogen and oxygen atoms in total. The van der Waals surface area contributed by atoms with E-state index in [2.05, 4.69) is 9.97 Å². The lowest BCUT2D eigenvalue weighted by Crippen LogP contribution is -2.40. The largest absolute Gasteiger partial charge is 0.463 e. The Hall–Kier alpha value is -3.88. The van der Waals surface area contributed by atoms with E-state index in [9.17, 15) is 29.3 Å². The van der Waals surface area contributed by atoms with Crippen LogP contribution in [0.15, 0.2) is 17.4 Å². The second kappa shape index (κ2) is 8.47. The van der Waals surface area contributed by atoms with E-state index in [1.807, 2.05) is 0 Å². The average Bonchev–Trinajstić information content (AvgIpc) is 3.22. The minimum atomic E-state index is -1.22. The van der Waals surface area contributed by atoms with E-state index in [1.165, 1.54) is 11.5 Å². The number of fused-ring (bicyclic) bond motifs is 1. The lowest BCUT2D eigenvalue weighted by Gasteiger charge is -2.23. The molecule has 0 N–H and O–H groups in total. The summed E-state index contributed by atoms with van der Waals surface area (Å²) in [6.07, 6.45) is -2.81. The van der Waals surface area contributed by atoms with Crippen molar-refractivity contribution in [1.82, 2.24) is 19.2 Å². The van der Waals surface area contributed by atoms with Crippen LogP contribution in [0.2, 0.25) is 0 Å². The maximum atomic E-state index is 12.3. The summed E-state index contributed by atoms with van der Waals surface area (Å²) >= 11 is 0. The number of esters is 3. The number of nitro groups is 1. The van der Waals surface area contributed by atoms with Crippen LogP contribution in [0.1, 0.15) is 27.0 Å². The standard InChI is InChI=1S/C16H17N5O10/c1-7(22)28-4-10-12(29-8(2)23)13(30-9(3)24)16(31-10)19-5-17-11-14(19)18-6-20(15(11)25)21(26)27/h5-6,10,12-13,16H,4H2,1-3H3/t10-,12-,13-,16-/m0/s1. The minimum absolute atomic E-state index is 0.0973. The van der Waals surface area contributed by atoms with Gasteiger partial charge < -0.3 is 18.9 Å². The first kappa shape index (κ1) is 21.8. The molecule has 31 heavy (non-hydrogen) atoms. The molecule has 2 aromatic rings. The Morgan fingerprint density at radius 3 is 2.32 bits per heavy atom. The third kappa shape index (κ3) is 4.35. The molecule has 3 heterocycles. The summed E-state index contributed by atoms with van der Waals surface area (Å²) in [5.74, 6) is -2.05. The lowest BCUT2D eigenvalue weighted by molar-refractivity contribution is -0.545. The Morgan fingerprint density at radius 1 is 1.10 bits per heavy atom. The van der Waals surface area contributed by atoms with Gasteiger partial charge in [-0.05, 0) is 4.68 Å². The van der Waals surface area contributed by atoms with Gasteiger partial charge in [0.2, 0.25) is 0 Å². The number of hydrogen-bond donors (Lipinski definition) is 0. The highest BCUT2D eigenvalue weighted by atomic mass is 16.7. The quantitative estimate of drug-likeness (QED) is 0.231. The van der Waals surface area contributed by atoms with Crippen molar-refractivity contribution in [3.63, 3.8) is 0 Å². The van der Waals surface area contributed by atoms with Crippen LogP contribution in [0, 0.1) is 10.1 Å². The van der Waals surface area contributed by atoms with Crippen LogP contribution in [0.4, 0.5) is 0 Å². The second-order valence-corrected chi connectivity index (χ2v) is 6.47. The van der Waals surface area contributed by atoms with E-state index in [1.54, 1.807) is 0 Å². The third-order valence-corrected chi connectivity index (χ3v) is 4.26. The van der Waals surface area contributed by atoms with Gasteiger partial charge >= 0.3 is 23.5 Å². The highest BCUT2D eigenvalue weighted by molar-refractivity contribution is 5.70. The summed E-state index contributed by atoms with van der Waals surface area (Å²) in [7, 11) is 0. The second-order valence-electron chi connectivity index (χ2n) is 6.47. The Morgan fingerprint density at radius 2 is 1.74 bits per heavy atom. The molecule has 0 amide bonds. The number of nitrogens with zero attached hydrogens (tertiary/aromatic N) is 5. The van der Waals surface area contributed by atoms with Crippen molar-refractivity contribution >= 4 is 29.1 Å². The van der Waals surface area contributed by atoms with Gasteiger partial charge in [-0.25, -0.2) is 20.1 Å². The van der Waals surface area contributed by atoms with Crippen LogP contribution in [-0.4, -0.2) is 67.1 Å². The Kier molecular flexibility index (Phi) is 5.96. The Labute approximate surface area is 172 Å². The van der Waals surface area contributed by atoms with Crippen molar-refractivity contribution in [2.75, 3.05) is 6.61 Å². The topological polar surface area (TPSA) is 184 Å². The molecule has 1 aliphatic heterocycles. The zero-order chi connectivity index (χ0) is 22.9. The van der Waals surface area contributed by atoms with Crippen LogP contribution < -0.4 is 5.56 Å². The van der Waals surface area contributed by atoms with Crippen molar-refractivity contribution < 1.29 is 38.4 Å². The van der Waals surface area contributed by atoms with Gasteiger partial charge in [0.1, 0.15) is 12.7 Å². The number of rotatable bonds is 6. The van der Waals surface area contributed by atoms with Crippen molar-refractivity contribution in [3.8, 4) is 0 Å². The van der Waals surface area contributed by atoms with Gasteiger partial charge in [-0.2, -0.15) is 0 Å². The molecule has 3 rings (SSSR count). The van der Waals surface area contributed by atoms with Gasteiger partial charge in [-0.15, -0.1) is 0 Å². The highest BCUT2D eigenvalue weighted by Crippen LogP contribution is 2.35. The number of carbonyl (C=O) groups excluding carboxylic acids is 3. The number of hydrogen-bond acceptors (Lipinski definition) is 12. The van der Waals surface area contributed by atoms with E-state index in [0.29, 0.717) is 6.33 Å². The predicted octanol–water partition coefficient (Wildman–Crippen LogP) is -1.04. The van der Waals surface area contributed by atoms with E-state index in [-0.39, 0.29) is 22.4 Å². The summed E-state index contributed by atoms with van der Waals surface area (Å²) in [6, 6.07) is 0. The molecular formula is C16H17N5O10. The van der Waals surface area contributed by atoms with Crippen LogP contribution in [0.3, 0.4) is 0 Å². The maximum Gasteiger partial charge on any atom is 0.343 e. The van der Waals surface area contributed by atoms with Gasteiger partial charge in [-0.3, -0.25) is 23.7 Å². The molecule has 1 saturated heterocycles. The van der Waals surface area contributed by atoms with Crippen molar-refractivity contribution in [2.45, 2.75) is 45.3 Å². The monoisotopic (exact) mass is 439 g/mol. The summed E-state index contributed by atoms with van der Waals surface area (Å²) in [4.78, 5) is 65.4. The van der Waals surface area contributed by atoms with Gasteiger partial charge in [0.15, 0.2) is 41.0 Å². The fourth-order valence-corrected chi connectivity index (χ4v) is 3.12. The zero-order valence-electron chi connectivity index (χ0n) is 16.5. The summed E-state index contributed by atoms with van der Waals surface area (Å²) < 4.78 is 22.7. The molecule has 2 aromatic heterocycles. The smallest absolute Gasteiger partial charge is 0.343 e. The SMILES string of the molecule is CC(=O)OC[C@@H]1O[C@H](n2cnc3c(=O)n([N+](=O)[O-])cnc32)[C@@H](OC(C)=O)[C@H]1OC(C)=O. The molecule has 4 atom stereocenters. The maximum absolute atomic E-state index is 12.3. The summed E-state index contributed by atoms with van der Waals surface area (Å²) in [5, 5.41) is 9.97. The molecule has 1 fully saturated rings. The van der Waals surface area contributed by atoms with E-state index < -0.39 is 53.0 Å². The first-order valence-corrected chi connectivity index (χ1v) is 8.82. The van der Waals surface area contributed by atoms with Crippen LogP contribution >= 0.6 is 0 Å². The molecule has 0 bridgehead atoms. The third-order valence-electron chi connectivity index (χ3n) is 4.26. The van der Waals surface area contributed by atoms with Gasteiger partial charge in [0.25, 0.3) is 0 Å². The summed E-state index contributed by atoms with van der Waals surface area (Å²) in [5.41, 5.74) is -1.47. The zero-order valence-corrected chi connectivity index (χ0v) is 16.5. The van der Waals surface area contributed by atoms with Gasteiger partial charge in [0.05, 0.1) is 6.33 Å². The van der Waals surface area contributed by atoms with Crippen molar-refractivity contribution in [1.29, 1.82) is 0 Å². The molecule has 0 unspecified atom stereocenters. The number of aromatic nitrogens is 4. The first-order valence-electron chi connectivity index (χ1n) is 8.82. The number of imidazole rings is 1. The lowest BCUT2D eigenvalue weighted by atomic mass is 10.1. The van der Waals surface area contributed by atoms with E-state index in [4.69, 9.17) is 18.9 Å². The van der Waals surface area contributed by atoms with Crippen molar-refractivity contribution in [2.24, 2.45) is 0 Å². The molecule has 0 aliphatic carbocycles. The van der Waals surface area contributed by atoms with E-state index >= 15 is 0 Å². The summed E-state index contributed by atoms with van der Waals surface area (Å²) in [6.45, 7) is 3.11. The fraction of sp³-hybridized carbons (Fsp3) is 0.500. The first-order chi connectivity index (χ1) is 14.6. The molecule has 0 spiro atoms. The van der Waals surface area contributed by atoms with Gasteiger partial charge in [0, 0.05) is 20.8 Å². The van der Waals surface area contributed by atoms with Gasteiger partial charge in [-0.1, -0.05) is 0 Å².